The molecule has 0 aromatic carbocycles. The van der Waals surface area contributed by atoms with Crippen molar-refractivity contribution < 1.29 is 5.11 Å². The molecule has 3 aliphatic rings. The standard InChI is InChI=1S/C14H25NOS/c16-11-13(5-8-15-9-6-13)7-10-17-14(3-4-14)12-1-2-12/h12,15-16H,1-11H2. The summed E-state index contributed by atoms with van der Waals surface area (Å²) >= 11 is 2.24. The van der Waals surface area contributed by atoms with Crippen molar-refractivity contribution >= 4 is 11.8 Å². The fourth-order valence-corrected chi connectivity index (χ4v) is 5.12. The fraction of sp³-hybridized carbons (Fsp3) is 1.00. The molecular formula is C14H25NOS. The van der Waals surface area contributed by atoms with Crippen molar-refractivity contribution in [2.45, 2.75) is 49.7 Å². The highest BCUT2D eigenvalue weighted by Gasteiger charge is 2.54. The van der Waals surface area contributed by atoms with Gasteiger partial charge in [-0.15, -0.1) is 0 Å². The summed E-state index contributed by atoms with van der Waals surface area (Å²) in [5.41, 5.74) is 0.248. The molecule has 0 radical (unpaired) electrons. The van der Waals surface area contributed by atoms with Gasteiger partial charge in [0.25, 0.3) is 0 Å². The molecule has 98 valence electrons. The van der Waals surface area contributed by atoms with Crippen LogP contribution in [0.15, 0.2) is 0 Å². The molecule has 0 atom stereocenters. The third-order valence-corrected chi connectivity index (χ3v) is 6.81. The van der Waals surface area contributed by atoms with Crippen LogP contribution in [0.3, 0.4) is 0 Å². The molecule has 1 heterocycles. The third-order valence-electron chi connectivity index (χ3n) is 5.09. The smallest absolute Gasteiger partial charge is 0.0488 e. The highest BCUT2D eigenvalue weighted by Crippen LogP contribution is 2.62. The van der Waals surface area contributed by atoms with Crippen LogP contribution in [-0.2, 0) is 0 Å². The molecule has 17 heavy (non-hydrogen) atoms. The maximum atomic E-state index is 9.67. The van der Waals surface area contributed by atoms with Crippen LogP contribution in [0.5, 0.6) is 0 Å². The van der Waals surface area contributed by atoms with E-state index in [1.807, 2.05) is 0 Å². The number of piperidine rings is 1. The minimum Gasteiger partial charge on any atom is -0.396 e. The Morgan fingerprint density at radius 1 is 1.12 bits per heavy atom. The summed E-state index contributed by atoms with van der Waals surface area (Å²) in [7, 11) is 0. The number of hydrogen-bond acceptors (Lipinski definition) is 3. The Bertz CT molecular complexity index is 267. The van der Waals surface area contributed by atoms with Gasteiger partial charge in [0.15, 0.2) is 0 Å². The molecule has 3 fully saturated rings. The van der Waals surface area contributed by atoms with Gasteiger partial charge in [-0.2, -0.15) is 11.8 Å². The van der Waals surface area contributed by atoms with Gasteiger partial charge in [0, 0.05) is 11.4 Å². The largest absolute Gasteiger partial charge is 0.396 e. The number of hydrogen-bond donors (Lipinski definition) is 2. The van der Waals surface area contributed by atoms with E-state index < -0.39 is 0 Å². The van der Waals surface area contributed by atoms with Crippen LogP contribution in [0, 0.1) is 11.3 Å². The van der Waals surface area contributed by atoms with E-state index in [0.29, 0.717) is 11.4 Å². The van der Waals surface area contributed by atoms with E-state index >= 15 is 0 Å². The summed E-state index contributed by atoms with van der Waals surface area (Å²) in [5.74, 6) is 2.34. The monoisotopic (exact) mass is 255 g/mol. The topological polar surface area (TPSA) is 32.3 Å². The van der Waals surface area contributed by atoms with Gasteiger partial charge in [0.05, 0.1) is 0 Å². The summed E-state index contributed by atoms with van der Waals surface area (Å²) in [4.78, 5) is 0. The van der Waals surface area contributed by atoms with Gasteiger partial charge in [-0.25, -0.2) is 0 Å². The van der Waals surface area contributed by atoms with Crippen molar-refractivity contribution in [2.24, 2.45) is 11.3 Å². The average molecular weight is 255 g/mol. The van der Waals surface area contributed by atoms with E-state index in [2.05, 4.69) is 17.1 Å². The van der Waals surface area contributed by atoms with Crippen molar-refractivity contribution in [3.8, 4) is 0 Å². The third kappa shape index (κ3) is 2.66. The molecule has 0 aromatic heterocycles. The van der Waals surface area contributed by atoms with Gasteiger partial charge < -0.3 is 10.4 Å². The second-order valence-corrected chi connectivity index (χ2v) is 7.86. The van der Waals surface area contributed by atoms with Gasteiger partial charge in [0.1, 0.15) is 0 Å². The van der Waals surface area contributed by atoms with E-state index in [-0.39, 0.29) is 5.41 Å². The minimum absolute atomic E-state index is 0.248. The number of aliphatic hydroxyl groups is 1. The van der Waals surface area contributed by atoms with Crippen molar-refractivity contribution in [2.75, 3.05) is 25.4 Å². The molecule has 3 rings (SSSR count). The molecule has 0 aromatic rings. The summed E-state index contributed by atoms with van der Waals surface area (Å²) in [6.07, 6.45) is 9.47. The molecule has 0 amide bonds. The minimum atomic E-state index is 0.248. The molecule has 1 aliphatic heterocycles. The van der Waals surface area contributed by atoms with Crippen LogP contribution >= 0.6 is 11.8 Å². The maximum absolute atomic E-state index is 9.67. The Hall–Kier alpha value is 0.270. The van der Waals surface area contributed by atoms with E-state index in [9.17, 15) is 5.11 Å². The van der Waals surface area contributed by atoms with Crippen molar-refractivity contribution in [1.29, 1.82) is 0 Å². The zero-order valence-corrected chi connectivity index (χ0v) is 11.5. The molecule has 3 heteroatoms. The summed E-state index contributed by atoms with van der Waals surface area (Å²) in [6.45, 7) is 2.59. The molecule has 2 aliphatic carbocycles. The molecule has 2 saturated carbocycles. The first kappa shape index (κ1) is 12.3. The lowest BCUT2D eigenvalue weighted by molar-refractivity contribution is 0.0864. The average Bonchev–Trinajstić information content (AvgIpc) is 3.23. The normalized spacial score (nSPS) is 30.2. The van der Waals surface area contributed by atoms with Crippen LogP contribution in [0.4, 0.5) is 0 Å². The number of rotatable bonds is 6. The summed E-state index contributed by atoms with van der Waals surface area (Å²) < 4.78 is 0.712. The highest BCUT2D eigenvalue weighted by atomic mass is 32.2. The quantitative estimate of drug-likeness (QED) is 0.764. The second-order valence-electron chi connectivity index (χ2n) is 6.35. The van der Waals surface area contributed by atoms with Crippen LogP contribution in [0.1, 0.15) is 44.9 Å². The lowest BCUT2D eigenvalue weighted by Gasteiger charge is -2.36. The van der Waals surface area contributed by atoms with Crippen LogP contribution < -0.4 is 5.32 Å². The lowest BCUT2D eigenvalue weighted by Crippen LogP contribution is -2.39. The van der Waals surface area contributed by atoms with Gasteiger partial charge in [-0.1, -0.05) is 0 Å². The molecule has 2 N–H and O–H groups in total. The van der Waals surface area contributed by atoms with Crippen molar-refractivity contribution in [3.05, 3.63) is 0 Å². The zero-order chi connectivity index (χ0) is 11.8. The van der Waals surface area contributed by atoms with E-state index in [1.54, 1.807) is 0 Å². The second kappa shape index (κ2) is 4.75. The Balaban J connectivity index is 1.46. The fourth-order valence-electron chi connectivity index (χ4n) is 3.32. The van der Waals surface area contributed by atoms with Gasteiger partial charge >= 0.3 is 0 Å². The predicted octanol–water partition coefficient (Wildman–Crippen LogP) is 2.41. The van der Waals surface area contributed by atoms with Crippen LogP contribution in [0.25, 0.3) is 0 Å². The first-order chi connectivity index (χ1) is 8.29. The van der Waals surface area contributed by atoms with Crippen LogP contribution in [-0.4, -0.2) is 35.3 Å². The van der Waals surface area contributed by atoms with Gasteiger partial charge in [-0.3, -0.25) is 0 Å². The number of aliphatic hydroxyl groups excluding tert-OH is 1. The first-order valence-electron chi connectivity index (χ1n) is 7.24. The first-order valence-corrected chi connectivity index (χ1v) is 8.23. The molecule has 1 saturated heterocycles. The molecule has 2 nitrogen and oxygen atoms in total. The van der Waals surface area contributed by atoms with Crippen molar-refractivity contribution in [3.63, 3.8) is 0 Å². The predicted molar refractivity (Wildman–Crippen MR) is 73.4 cm³/mol. The Labute approximate surface area is 109 Å². The Kier molecular flexibility index (Phi) is 3.44. The highest BCUT2D eigenvalue weighted by molar-refractivity contribution is 8.00. The molecule has 0 unspecified atom stereocenters. The van der Waals surface area contributed by atoms with Crippen LogP contribution in [0.2, 0.25) is 0 Å². The number of thioether (sulfide) groups is 1. The van der Waals surface area contributed by atoms with Crippen molar-refractivity contribution in [1.82, 2.24) is 5.32 Å². The molecule has 0 spiro atoms. The zero-order valence-electron chi connectivity index (χ0n) is 10.7. The van der Waals surface area contributed by atoms with Gasteiger partial charge in [0.2, 0.25) is 0 Å². The Morgan fingerprint density at radius 2 is 1.82 bits per heavy atom. The Morgan fingerprint density at radius 3 is 2.35 bits per heavy atom. The lowest BCUT2D eigenvalue weighted by atomic mass is 9.77. The summed E-state index contributed by atoms with van der Waals surface area (Å²) in [6, 6.07) is 0. The maximum Gasteiger partial charge on any atom is 0.0488 e. The summed E-state index contributed by atoms with van der Waals surface area (Å²) in [5, 5.41) is 13.1. The van der Waals surface area contributed by atoms with Gasteiger partial charge in [-0.05, 0) is 75.1 Å². The molecular weight excluding hydrogens is 230 g/mol. The van der Waals surface area contributed by atoms with E-state index in [0.717, 1.165) is 19.0 Å². The molecule has 0 bridgehead atoms. The number of nitrogens with one attached hydrogen (secondary N) is 1. The van der Waals surface area contributed by atoms with E-state index in [4.69, 9.17) is 0 Å². The SMILES string of the molecule is OCC1(CCSC2(C3CC3)CC2)CCNCC1. The van der Waals surface area contributed by atoms with E-state index in [1.165, 1.54) is 50.7 Å².